The van der Waals surface area contributed by atoms with Gasteiger partial charge in [0, 0.05) is 25.3 Å². The SMILES string of the molecule is CCc1ccc(C(=O)Nc2cc(S(=O)(=O)N(C)C)cc(C)c2C)cc1. The van der Waals surface area contributed by atoms with E-state index in [1.165, 1.54) is 20.2 Å². The second kappa shape index (κ2) is 7.37. The van der Waals surface area contributed by atoms with Crippen LogP contribution in [-0.4, -0.2) is 32.7 Å². The number of hydrogen-bond acceptors (Lipinski definition) is 3. The van der Waals surface area contributed by atoms with E-state index in [2.05, 4.69) is 12.2 Å². The number of aryl methyl sites for hydroxylation is 2. The Kier molecular flexibility index (Phi) is 5.65. The fraction of sp³-hybridized carbons (Fsp3) is 0.316. The summed E-state index contributed by atoms with van der Waals surface area (Å²) in [5.74, 6) is -0.260. The Morgan fingerprint density at radius 1 is 1.08 bits per heavy atom. The van der Waals surface area contributed by atoms with Crippen molar-refractivity contribution in [3.8, 4) is 0 Å². The Bertz CT molecular complexity index is 886. The second-order valence-corrected chi connectivity index (χ2v) is 8.36. The Morgan fingerprint density at radius 3 is 2.20 bits per heavy atom. The van der Waals surface area contributed by atoms with Crippen molar-refractivity contribution < 1.29 is 13.2 Å². The molecule has 0 aromatic heterocycles. The van der Waals surface area contributed by atoms with Crippen LogP contribution in [0.1, 0.15) is 34.0 Å². The number of amides is 1. The molecular weight excluding hydrogens is 336 g/mol. The Morgan fingerprint density at radius 2 is 1.68 bits per heavy atom. The topological polar surface area (TPSA) is 66.5 Å². The quantitative estimate of drug-likeness (QED) is 0.889. The van der Waals surface area contributed by atoms with Crippen LogP contribution in [0.4, 0.5) is 5.69 Å². The first-order valence-corrected chi connectivity index (χ1v) is 9.55. The molecule has 0 unspecified atom stereocenters. The standard InChI is InChI=1S/C19H24N2O3S/c1-6-15-7-9-16(10-8-15)19(22)20-18-12-17(11-13(2)14(18)3)25(23,24)21(4)5/h7-12H,6H2,1-5H3,(H,20,22). The van der Waals surface area contributed by atoms with Gasteiger partial charge in [0.1, 0.15) is 0 Å². The van der Waals surface area contributed by atoms with Gasteiger partial charge in [-0.2, -0.15) is 0 Å². The van der Waals surface area contributed by atoms with Crippen LogP contribution in [0.2, 0.25) is 0 Å². The molecule has 1 N–H and O–H groups in total. The van der Waals surface area contributed by atoms with Crippen LogP contribution in [0, 0.1) is 13.8 Å². The highest BCUT2D eigenvalue weighted by molar-refractivity contribution is 7.89. The first kappa shape index (κ1) is 19.1. The molecule has 5 nitrogen and oxygen atoms in total. The average Bonchev–Trinajstić information content (AvgIpc) is 2.58. The Hall–Kier alpha value is -2.18. The summed E-state index contributed by atoms with van der Waals surface area (Å²) < 4.78 is 25.9. The molecule has 2 aromatic carbocycles. The highest BCUT2D eigenvalue weighted by Gasteiger charge is 2.20. The molecule has 0 aliphatic heterocycles. The number of nitrogens with zero attached hydrogens (tertiary/aromatic N) is 1. The Balaban J connectivity index is 2.38. The van der Waals surface area contributed by atoms with Gasteiger partial charge in [0.2, 0.25) is 10.0 Å². The number of carbonyl (C=O) groups excluding carboxylic acids is 1. The highest BCUT2D eigenvalue weighted by Crippen LogP contribution is 2.26. The van der Waals surface area contributed by atoms with E-state index in [1.54, 1.807) is 18.2 Å². The maximum atomic E-state index is 12.5. The molecule has 0 saturated carbocycles. The van der Waals surface area contributed by atoms with E-state index < -0.39 is 10.0 Å². The minimum atomic E-state index is -3.57. The molecule has 0 bridgehead atoms. The van der Waals surface area contributed by atoms with Gasteiger partial charge in [-0.25, -0.2) is 12.7 Å². The molecule has 0 heterocycles. The zero-order valence-electron chi connectivity index (χ0n) is 15.3. The number of hydrogen-bond donors (Lipinski definition) is 1. The monoisotopic (exact) mass is 360 g/mol. The molecule has 2 rings (SSSR count). The summed E-state index contributed by atoms with van der Waals surface area (Å²) in [6.45, 7) is 5.74. The van der Waals surface area contributed by atoms with Crippen LogP contribution < -0.4 is 5.32 Å². The molecule has 1 amide bonds. The number of anilines is 1. The first-order valence-electron chi connectivity index (χ1n) is 8.11. The molecule has 0 aliphatic rings. The van der Waals surface area contributed by atoms with Gasteiger partial charge in [-0.05, 0) is 61.2 Å². The first-order chi connectivity index (χ1) is 11.7. The predicted octanol–water partition coefficient (Wildman–Crippen LogP) is 3.37. The van der Waals surface area contributed by atoms with Crippen LogP contribution >= 0.6 is 0 Å². The number of nitrogens with one attached hydrogen (secondary N) is 1. The summed E-state index contributed by atoms with van der Waals surface area (Å²) in [5, 5.41) is 2.83. The molecule has 0 atom stereocenters. The van der Waals surface area contributed by atoms with Crippen molar-refractivity contribution in [2.75, 3.05) is 19.4 Å². The molecular formula is C19H24N2O3S. The van der Waals surface area contributed by atoms with Gasteiger partial charge in [-0.1, -0.05) is 19.1 Å². The van der Waals surface area contributed by atoms with E-state index in [0.717, 1.165) is 27.4 Å². The summed E-state index contributed by atoms with van der Waals surface area (Å²) in [5.41, 5.74) is 3.85. The van der Waals surface area contributed by atoms with E-state index >= 15 is 0 Å². The maximum Gasteiger partial charge on any atom is 0.255 e. The lowest BCUT2D eigenvalue weighted by atomic mass is 10.1. The van der Waals surface area contributed by atoms with E-state index in [0.29, 0.717) is 11.3 Å². The van der Waals surface area contributed by atoms with E-state index in [1.807, 2.05) is 26.0 Å². The summed E-state index contributed by atoms with van der Waals surface area (Å²) in [7, 11) is -0.598. The zero-order valence-corrected chi connectivity index (χ0v) is 16.1. The molecule has 0 radical (unpaired) electrons. The lowest BCUT2D eigenvalue weighted by Gasteiger charge is -2.16. The minimum Gasteiger partial charge on any atom is -0.322 e. The van der Waals surface area contributed by atoms with Gasteiger partial charge in [-0.3, -0.25) is 4.79 Å². The summed E-state index contributed by atoms with van der Waals surface area (Å²) in [6, 6.07) is 10.5. The molecule has 0 spiro atoms. The molecule has 6 heteroatoms. The van der Waals surface area contributed by atoms with Gasteiger partial charge in [0.05, 0.1) is 4.90 Å². The van der Waals surface area contributed by atoms with Crippen molar-refractivity contribution in [2.45, 2.75) is 32.1 Å². The average molecular weight is 360 g/mol. The number of rotatable bonds is 5. The fourth-order valence-electron chi connectivity index (χ4n) is 2.40. The molecule has 0 fully saturated rings. The molecule has 0 saturated heterocycles. The van der Waals surface area contributed by atoms with Gasteiger partial charge in [-0.15, -0.1) is 0 Å². The van der Waals surface area contributed by atoms with Crippen molar-refractivity contribution in [1.82, 2.24) is 4.31 Å². The number of benzene rings is 2. The molecule has 134 valence electrons. The van der Waals surface area contributed by atoms with Crippen LogP contribution in [0.5, 0.6) is 0 Å². The van der Waals surface area contributed by atoms with Gasteiger partial charge in [0.25, 0.3) is 5.91 Å². The maximum absolute atomic E-state index is 12.5. The smallest absolute Gasteiger partial charge is 0.255 e. The second-order valence-electron chi connectivity index (χ2n) is 6.20. The lowest BCUT2D eigenvalue weighted by molar-refractivity contribution is 0.102. The van der Waals surface area contributed by atoms with Crippen LogP contribution in [0.15, 0.2) is 41.3 Å². The normalized spacial score (nSPS) is 11.6. The van der Waals surface area contributed by atoms with Crippen molar-refractivity contribution in [3.05, 3.63) is 58.7 Å². The van der Waals surface area contributed by atoms with Crippen molar-refractivity contribution in [1.29, 1.82) is 0 Å². The summed E-state index contributed by atoms with van der Waals surface area (Å²) in [4.78, 5) is 12.7. The third kappa shape index (κ3) is 4.08. The summed E-state index contributed by atoms with van der Waals surface area (Å²) in [6.07, 6.45) is 0.907. The third-order valence-electron chi connectivity index (χ3n) is 4.29. The van der Waals surface area contributed by atoms with Crippen LogP contribution in [0.3, 0.4) is 0 Å². The zero-order chi connectivity index (χ0) is 18.8. The fourth-order valence-corrected chi connectivity index (χ4v) is 3.42. The molecule has 2 aromatic rings. The van der Waals surface area contributed by atoms with Gasteiger partial charge in [0.15, 0.2) is 0 Å². The van der Waals surface area contributed by atoms with Crippen LogP contribution in [-0.2, 0) is 16.4 Å². The van der Waals surface area contributed by atoms with E-state index in [4.69, 9.17) is 0 Å². The largest absolute Gasteiger partial charge is 0.322 e. The molecule has 0 aliphatic carbocycles. The van der Waals surface area contributed by atoms with Crippen LogP contribution in [0.25, 0.3) is 0 Å². The number of sulfonamides is 1. The van der Waals surface area contributed by atoms with E-state index in [-0.39, 0.29) is 10.8 Å². The van der Waals surface area contributed by atoms with Gasteiger partial charge < -0.3 is 5.32 Å². The summed E-state index contributed by atoms with van der Waals surface area (Å²) >= 11 is 0. The lowest BCUT2D eigenvalue weighted by Crippen LogP contribution is -2.23. The number of carbonyl (C=O) groups is 1. The van der Waals surface area contributed by atoms with Gasteiger partial charge >= 0.3 is 0 Å². The Labute approximate surface area is 149 Å². The van der Waals surface area contributed by atoms with E-state index in [9.17, 15) is 13.2 Å². The van der Waals surface area contributed by atoms with Crippen molar-refractivity contribution in [2.24, 2.45) is 0 Å². The molecule has 25 heavy (non-hydrogen) atoms. The van der Waals surface area contributed by atoms with Crippen molar-refractivity contribution >= 4 is 21.6 Å². The minimum absolute atomic E-state index is 0.164. The highest BCUT2D eigenvalue weighted by atomic mass is 32.2. The predicted molar refractivity (Wildman–Crippen MR) is 101 cm³/mol. The third-order valence-corrected chi connectivity index (χ3v) is 6.08. The van der Waals surface area contributed by atoms with Crippen molar-refractivity contribution in [3.63, 3.8) is 0 Å².